The van der Waals surface area contributed by atoms with E-state index in [9.17, 15) is 4.79 Å². The summed E-state index contributed by atoms with van der Waals surface area (Å²) in [7, 11) is 0. The molecule has 0 saturated heterocycles. The minimum Gasteiger partial charge on any atom is -0.490 e. The minimum absolute atomic E-state index is 0.467. The zero-order chi connectivity index (χ0) is 12.5. The summed E-state index contributed by atoms with van der Waals surface area (Å²) < 4.78 is 16.1. The Kier molecular flexibility index (Phi) is 6.10. The summed E-state index contributed by atoms with van der Waals surface area (Å²) in [6, 6.07) is 5.11. The van der Waals surface area contributed by atoms with Crippen molar-refractivity contribution in [3.8, 4) is 11.5 Å². The first kappa shape index (κ1) is 13.5. The second-order valence-corrected chi connectivity index (χ2v) is 3.30. The average molecular weight is 238 g/mol. The minimum atomic E-state index is 0.467. The smallest absolute Gasteiger partial charge is 0.161 e. The number of hydrogen-bond donors (Lipinski definition) is 0. The van der Waals surface area contributed by atoms with Crippen LogP contribution in [0.25, 0.3) is 0 Å². The highest BCUT2D eigenvalue weighted by molar-refractivity contribution is 5.76. The monoisotopic (exact) mass is 238 g/mol. The molecule has 0 aliphatic heterocycles. The Morgan fingerprint density at radius 2 is 1.88 bits per heavy atom. The molecule has 0 radical (unpaired) electrons. The molecule has 0 fully saturated rings. The molecular weight excluding hydrogens is 220 g/mol. The zero-order valence-electron chi connectivity index (χ0n) is 10.3. The van der Waals surface area contributed by atoms with Crippen LogP contribution in [-0.2, 0) is 4.74 Å². The molecule has 4 nitrogen and oxygen atoms in total. The Morgan fingerprint density at radius 3 is 2.53 bits per heavy atom. The summed E-state index contributed by atoms with van der Waals surface area (Å²) in [6.07, 6.45) is 0.784. The maximum Gasteiger partial charge on any atom is 0.161 e. The Balaban J connectivity index is 2.65. The SMILES string of the molecule is CCOCCOc1ccc(C=O)cc1OCC. The molecule has 0 N–H and O–H groups in total. The number of rotatable bonds is 8. The molecule has 0 aromatic heterocycles. The zero-order valence-corrected chi connectivity index (χ0v) is 10.3. The highest BCUT2D eigenvalue weighted by Crippen LogP contribution is 2.27. The van der Waals surface area contributed by atoms with E-state index in [0.29, 0.717) is 43.5 Å². The van der Waals surface area contributed by atoms with Crippen LogP contribution in [0.2, 0.25) is 0 Å². The molecule has 0 atom stereocenters. The molecule has 0 saturated carbocycles. The van der Waals surface area contributed by atoms with Gasteiger partial charge in [-0.15, -0.1) is 0 Å². The maximum atomic E-state index is 10.7. The van der Waals surface area contributed by atoms with Gasteiger partial charge in [0.05, 0.1) is 13.2 Å². The molecule has 0 aliphatic rings. The predicted octanol–water partition coefficient (Wildman–Crippen LogP) is 2.31. The van der Waals surface area contributed by atoms with E-state index in [-0.39, 0.29) is 0 Å². The summed E-state index contributed by atoms with van der Waals surface area (Å²) in [5.74, 6) is 1.23. The van der Waals surface area contributed by atoms with Gasteiger partial charge in [-0.2, -0.15) is 0 Å². The molecule has 0 aliphatic carbocycles. The molecule has 0 spiro atoms. The molecule has 94 valence electrons. The van der Waals surface area contributed by atoms with Gasteiger partial charge in [0.15, 0.2) is 11.5 Å². The van der Waals surface area contributed by atoms with Crippen LogP contribution in [0.5, 0.6) is 11.5 Å². The number of carbonyl (C=O) groups excluding carboxylic acids is 1. The Morgan fingerprint density at radius 1 is 1.06 bits per heavy atom. The third-order valence-corrected chi connectivity index (χ3v) is 2.09. The third-order valence-electron chi connectivity index (χ3n) is 2.09. The van der Waals surface area contributed by atoms with Gasteiger partial charge < -0.3 is 14.2 Å². The van der Waals surface area contributed by atoms with Gasteiger partial charge >= 0.3 is 0 Å². The average Bonchev–Trinajstić information content (AvgIpc) is 2.36. The fraction of sp³-hybridized carbons (Fsp3) is 0.462. The first-order chi connectivity index (χ1) is 8.31. The van der Waals surface area contributed by atoms with Crippen molar-refractivity contribution < 1.29 is 19.0 Å². The van der Waals surface area contributed by atoms with Crippen LogP contribution in [0, 0.1) is 0 Å². The fourth-order valence-electron chi connectivity index (χ4n) is 1.34. The highest BCUT2D eigenvalue weighted by Gasteiger charge is 2.06. The van der Waals surface area contributed by atoms with Gasteiger partial charge in [-0.1, -0.05) is 0 Å². The topological polar surface area (TPSA) is 44.8 Å². The Labute approximate surface area is 101 Å². The number of ether oxygens (including phenoxy) is 3. The molecule has 0 unspecified atom stereocenters. The Hall–Kier alpha value is -1.55. The largest absolute Gasteiger partial charge is 0.490 e. The summed E-state index contributed by atoms with van der Waals surface area (Å²) in [4.78, 5) is 10.7. The van der Waals surface area contributed by atoms with Crippen molar-refractivity contribution in [2.24, 2.45) is 0 Å². The first-order valence-corrected chi connectivity index (χ1v) is 5.74. The second-order valence-electron chi connectivity index (χ2n) is 3.30. The van der Waals surface area contributed by atoms with Gasteiger partial charge in [0.2, 0.25) is 0 Å². The number of hydrogen-bond acceptors (Lipinski definition) is 4. The molecule has 4 heteroatoms. The molecule has 17 heavy (non-hydrogen) atoms. The van der Waals surface area contributed by atoms with Crippen LogP contribution >= 0.6 is 0 Å². The van der Waals surface area contributed by atoms with Crippen LogP contribution in [-0.4, -0.2) is 32.7 Å². The fourth-order valence-corrected chi connectivity index (χ4v) is 1.34. The number of aldehydes is 1. The van der Waals surface area contributed by atoms with E-state index in [2.05, 4.69) is 0 Å². The maximum absolute atomic E-state index is 10.7. The van der Waals surface area contributed by atoms with Crippen molar-refractivity contribution in [1.82, 2.24) is 0 Å². The van der Waals surface area contributed by atoms with Crippen LogP contribution in [0.1, 0.15) is 24.2 Å². The summed E-state index contributed by atoms with van der Waals surface area (Å²) in [5, 5.41) is 0. The van der Waals surface area contributed by atoms with Crippen molar-refractivity contribution in [3.05, 3.63) is 23.8 Å². The van der Waals surface area contributed by atoms with Crippen LogP contribution in [0.4, 0.5) is 0 Å². The van der Waals surface area contributed by atoms with Gasteiger partial charge in [-0.25, -0.2) is 0 Å². The van der Waals surface area contributed by atoms with Gasteiger partial charge in [0.1, 0.15) is 12.9 Å². The second kappa shape index (κ2) is 7.68. The van der Waals surface area contributed by atoms with E-state index in [1.54, 1.807) is 18.2 Å². The molecule has 1 rings (SSSR count). The highest BCUT2D eigenvalue weighted by atomic mass is 16.5. The molecule has 0 heterocycles. The van der Waals surface area contributed by atoms with Gasteiger partial charge in [-0.3, -0.25) is 4.79 Å². The lowest BCUT2D eigenvalue weighted by molar-refractivity contribution is 0.108. The lowest BCUT2D eigenvalue weighted by atomic mass is 10.2. The predicted molar refractivity (Wildman–Crippen MR) is 65.0 cm³/mol. The van der Waals surface area contributed by atoms with Crippen LogP contribution < -0.4 is 9.47 Å². The molecule has 0 bridgehead atoms. The quantitative estimate of drug-likeness (QED) is 0.515. The van der Waals surface area contributed by atoms with Crippen molar-refractivity contribution in [2.45, 2.75) is 13.8 Å². The Bertz CT molecular complexity index is 349. The van der Waals surface area contributed by atoms with E-state index in [4.69, 9.17) is 14.2 Å². The van der Waals surface area contributed by atoms with Crippen LogP contribution in [0.3, 0.4) is 0 Å². The van der Waals surface area contributed by atoms with Gasteiger partial charge in [0.25, 0.3) is 0 Å². The number of benzene rings is 1. The summed E-state index contributed by atoms with van der Waals surface area (Å²) in [6.45, 7) is 6.03. The van der Waals surface area contributed by atoms with E-state index in [1.807, 2.05) is 13.8 Å². The lowest BCUT2D eigenvalue weighted by Gasteiger charge is -2.12. The molecular formula is C13H18O4. The van der Waals surface area contributed by atoms with Crippen molar-refractivity contribution in [1.29, 1.82) is 0 Å². The van der Waals surface area contributed by atoms with Crippen LogP contribution in [0.15, 0.2) is 18.2 Å². The van der Waals surface area contributed by atoms with Gasteiger partial charge in [0, 0.05) is 12.2 Å². The molecule has 1 aromatic carbocycles. The van der Waals surface area contributed by atoms with E-state index in [0.717, 1.165) is 6.29 Å². The lowest BCUT2D eigenvalue weighted by Crippen LogP contribution is -2.07. The molecule has 0 amide bonds. The first-order valence-electron chi connectivity index (χ1n) is 5.74. The van der Waals surface area contributed by atoms with Crippen molar-refractivity contribution in [3.63, 3.8) is 0 Å². The summed E-state index contributed by atoms with van der Waals surface area (Å²) >= 11 is 0. The number of carbonyl (C=O) groups is 1. The van der Waals surface area contributed by atoms with Gasteiger partial charge in [-0.05, 0) is 32.0 Å². The van der Waals surface area contributed by atoms with E-state index < -0.39 is 0 Å². The molecule has 1 aromatic rings. The van der Waals surface area contributed by atoms with E-state index in [1.165, 1.54) is 0 Å². The standard InChI is InChI=1S/C13H18O4/c1-3-15-7-8-17-12-6-5-11(10-14)9-13(12)16-4-2/h5-6,9-10H,3-4,7-8H2,1-2H3. The van der Waals surface area contributed by atoms with Crippen molar-refractivity contribution >= 4 is 6.29 Å². The normalized spacial score (nSPS) is 10.0. The summed E-state index contributed by atoms with van der Waals surface area (Å²) in [5.41, 5.74) is 0.575. The third kappa shape index (κ3) is 4.44. The van der Waals surface area contributed by atoms with Crippen molar-refractivity contribution in [2.75, 3.05) is 26.4 Å². The van der Waals surface area contributed by atoms with E-state index >= 15 is 0 Å².